The number of carboxylic acids is 1. The summed E-state index contributed by atoms with van der Waals surface area (Å²) < 4.78 is 0. The molecule has 0 spiro atoms. The molecular weight excluding hydrogens is 196 g/mol. The molecule has 3 atom stereocenters. The van der Waals surface area contributed by atoms with E-state index >= 15 is 0 Å². The Kier molecular flexibility index (Phi) is 4.90. The average Bonchev–Trinajstić information content (AvgIpc) is 2.14. The molecule has 0 aliphatic rings. The van der Waals surface area contributed by atoms with E-state index in [2.05, 4.69) is 0 Å². The Morgan fingerprint density at radius 3 is 2.27 bits per heavy atom. The van der Waals surface area contributed by atoms with Crippen LogP contribution >= 0.6 is 0 Å². The summed E-state index contributed by atoms with van der Waals surface area (Å²) in [6, 6.07) is -1.51. The Morgan fingerprint density at radius 1 is 1.47 bits per heavy atom. The molecule has 88 valence electrons. The number of carbonyl (C=O) groups excluding carboxylic acids is 1. The molecule has 0 saturated heterocycles. The summed E-state index contributed by atoms with van der Waals surface area (Å²) in [5.41, 5.74) is 10.7. The zero-order valence-electron chi connectivity index (χ0n) is 9.43. The number of carbonyl (C=O) groups is 2. The van der Waals surface area contributed by atoms with Gasteiger partial charge in [0.25, 0.3) is 0 Å². The lowest BCUT2D eigenvalue weighted by molar-refractivity contribution is -0.140. The van der Waals surface area contributed by atoms with Crippen molar-refractivity contribution in [2.75, 3.05) is 0 Å². The molecule has 3 unspecified atom stereocenters. The van der Waals surface area contributed by atoms with Crippen molar-refractivity contribution in [3.05, 3.63) is 0 Å². The molecule has 0 heterocycles. The number of carboxylic acid groups (broad SMARTS) is 1. The van der Waals surface area contributed by atoms with E-state index in [4.69, 9.17) is 16.6 Å². The Morgan fingerprint density at radius 2 is 1.93 bits per heavy atom. The van der Waals surface area contributed by atoms with E-state index in [1.807, 2.05) is 13.8 Å². The minimum atomic E-state index is -1.03. The van der Waals surface area contributed by atoms with Gasteiger partial charge in [-0.2, -0.15) is 0 Å². The molecule has 0 aromatic carbocycles. The summed E-state index contributed by atoms with van der Waals surface area (Å²) in [6.45, 7) is 5.41. The number of hydrogen-bond acceptors (Lipinski definition) is 4. The Hall–Kier alpha value is -0.940. The Labute approximate surface area is 89.8 Å². The van der Waals surface area contributed by atoms with Crippen LogP contribution in [0.2, 0.25) is 0 Å². The molecule has 5 N–H and O–H groups in total. The Balaban J connectivity index is 4.45. The van der Waals surface area contributed by atoms with E-state index in [1.165, 1.54) is 0 Å². The molecule has 5 nitrogen and oxygen atoms in total. The van der Waals surface area contributed by atoms with E-state index in [-0.39, 0.29) is 5.92 Å². The van der Waals surface area contributed by atoms with Gasteiger partial charge in [0, 0.05) is 0 Å². The quantitative estimate of drug-likeness (QED) is 0.541. The monoisotopic (exact) mass is 216 g/mol. The van der Waals surface area contributed by atoms with Gasteiger partial charge in [-0.3, -0.25) is 4.79 Å². The zero-order valence-corrected chi connectivity index (χ0v) is 9.43. The van der Waals surface area contributed by atoms with Crippen LogP contribution in [0.5, 0.6) is 0 Å². The second kappa shape index (κ2) is 5.23. The normalized spacial score (nSPS) is 17.9. The van der Waals surface area contributed by atoms with Crippen molar-refractivity contribution in [3.63, 3.8) is 0 Å². The third-order valence-electron chi connectivity index (χ3n) is 2.80. The lowest BCUT2D eigenvalue weighted by Gasteiger charge is -2.32. The highest BCUT2D eigenvalue weighted by Gasteiger charge is 2.31. The third-order valence-corrected chi connectivity index (χ3v) is 2.80. The molecular formula is C10H20N2O3. The molecule has 0 aromatic rings. The predicted molar refractivity (Wildman–Crippen MR) is 57.2 cm³/mol. The number of hydrogen-bond donors (Lipinski definition) is 3. The fourth-order valence-electron chi connectivity index (χ4n) is 1.52. The highest BCUT2D eigenvalue weighted by atomic mass is 16.4. The highest BCUT2D eigenvalue weighted by Crippen LogP contribution is 2.28. The van der Waals surface area contributed by atoms with Gasteiger partial charge in [-0.15, -0.1) is 0 Å². The third kappa shape index (κ3) is 3.97. The van der Waals surface area contributed by atoms with Crippen molar-refractivity contribution in [1.29, 1.82) is 0 Å². The lowest BCUT2D eigenvalue weighted by Crippen LogP contribution is -2.44. The molecule has 5 heteroatoms. The first kappa shape index (κ1) is 14.1. The molecule has 0 bridgehead atoms. The van der Waals surface area contributed by atoms with Gasteiger partial charge in [-0.1, -0.05) is 20.8 Å². The minimum Gasteiger partial charge on any atom is -0.480 e. The number of aliphatic carboxylic acids is 1. The van der Waals surface area contributed by atoms with Crippen LogP contribution < -0.4 is 11.5 Å². The molecule has 0 radical (unpaired) electrons. The van der Waals surface area contributed by atoms with Crippen molar-refractivity contribution in [1.82, 2.24) is 0 Å². The van der Waals surface area contributed by atoms with Crippen molar-refractivity contribution < 1.29 is 14.7 Å². The van der Waals surface area contributed by atoms with Crippen molar-refractivity contribution in [3.8, 4) is 0 Å². The van der Waals surface area contributed by atoms with Gasteiger partial charge >= 0.3 is 5.97 Å². The second-order valence-electron chi connectivity index (χ2n) is 4.70. The van der Waals surface area contributed by atoms with Gasteiger partial charge in [0.15, 0.2) is 0 Å². The van der Waals surface area contributed by atoms with Crippen LogP contribution in [-0.4, -0.2) is 29.4 Å². The first-order valence-electron chi connectivity index (χ1n) is 4.91. The number of nitrogens with two attached hydrogens (primary N) is 2. The Bertz CT molecular complexity index is 241. The molecule has 0 rings (SSSR count). The van der Waals surface area contributed by atoms with Crippen LogP contribution in [0.3, 0.4) is 0 Å². The lowest BCUT2D eigenvalue weighted by atomic mass is 9.76. The van der Waals surface area contributed by atoms with Crippen molar-refractivity contribution in [2.45, 2.75) is 39.3 Å². The summed E-state index contributed by atoms with van der Waals surface area (Å²) in [7, 11) is 0. The SMILES string of the molecule is CC(CC(C)(C)C(N)C=O)C(N)C(=O)O. The maximum atomic E-state index is 10.6. The molecule has 15 heavy (non-hydrogen) atoms. The largest absolute Gasteiger partial charge is 0.480 e. The van der Waals surface area contributed by atoms with E-state index in [0.717, 1.165) is 0 Å². The van der Waals surface area contributed by atoms with Gasteiger partial charge < -0.3 is 21.4 Å². The molecule has 0 saturated carbocycles. The van der Waals surface area contributed by atoms with E-state index in [1.54, 1.807) is 6.92 Å². The molecule has 0 fully saturated rings. The summed E-state index contributed by atoms with van der Waals surface area (Å²) in [6.07, 6.45) is 1.18. The first-order chi connectivity index (χ1) is 6.72. The topological polar surface area (TPSA) is 106 Å². The van der Waals surface area contributed by atoms with Crippen LogP contribution in [0.25, 0.3) is 0 Å². The summed E-state index contributed by atoms with van der Waals surface area (Å²) in [4.78, 5) is 21.2. The smallest absolute Gasteiger partial charge is 0.320 e. The van der Waals surface area contributed by atoms with Crippen molar-refractivity contribution >= 4 is 12.3 Å². The minimum absolute atomic E-state index is 0.219. The maximum Gasteiger partial charge on any atom is 0.320 e. The maximum absolute atomic E-state index is 10.6. The summed E-state index contributed by atoms with van der Waals surface area (Å²) >= 11 is 0. The highest BCUT2D eigenvalue weighted by molar-refractivity contribution is 5.73. The van der Waals surface area contributed by atoms with Gasteiger partial charge in [0.2, 0.25) is 0 Å². The first-order valence-corrected chi connectivity index (χ1v) is 4.91. The van der Waals surface area contributed by atoms with Crippen LogP contribution in [0.4, 0.5) is 0 Å². The van der Waals surface area contributed by atoms with Gasteiger partial charge in [0.1, 0.15) is 12.3 Å². The van der Waals surface area contributed by atoms with Crippen LogP contribution in [0.1, 0.15) is 27.2 Å². The molecule has 0 aromatic heterocycles. The van der Waals surface area contributed by atoms with Crippen LogP contribution in [0, 0.1) is 11.3 Å². The fourth-order valence-corrected chi connectivity index (χ4v) is 1.52. The van der Waals surface area contributed by atoms with Crippen molar-refractivity contribution in [2.24, 2.45) is 22.8 Å². The zero-order chi connectivity index (χ0) is 12.2. The van der Waals surface area contributed by atoms with Gasteiger partial charge in [-0.25, -0.2) is 0 Å². The molecule has 0 aliphatic carbocycles. The standard InChI is InChI=1S/C10H20N2O3/c1-6(8(12)9(14)15)4-10(2,3)7(11)5-13/h5-8H,4,11-12H2,1-3H3,(H,14,15). The van der Waals surface area contributed by atoms with Gasteiger partial charge in [-0.05, 0) is 17.8 Å². The molecule has 0 amide bonds. The molecule has 0 aliphatic heterocycles. The van der Waals surface area contributed by atoms with Crippen LogP contribution in [-0.2, 0) is 9.59 Å². The van der Waals surface area contributed by atoms with E-state index in [9.17, 15) is 9.59 Å². The second-order valence-corrected chi connectivity index (χ2v) is 4.70. The average molecular weight is 216 g/mol. The van der Waals surface area contributed by atoms with Gasteiger partial charge in [0.05, 0.1) is 6.04 Å². The predicted octanol–water partition coefficient (Wildman–Crippen LogP) is -0.0231. The summed E-state index contributed by atoms with van der Waals surface area (Å²) in [5, 5.41) is 8.72. The van der Waals surface area contributed by atoms with Crippen LogP contribution in [0.15, 0.2) is 0 Å². The van der Waals surface area contributed by atoms with E-state index in [0.29, 0.717) is 12.7 Å². The number of rotatable bonds is 6. The van der Waals surface area contributed by atoms with E-state index < -0.39 is 23.5 Å². The number of aldehydes is 1. The fraction of sp³-hybridized carbons (Fsp3) is 0.800. The summed E-state index contributed by atoms with van der Waals surface area (Å²) in [5.74, 6) is -1.25.